The van der Waals surface area contributed by atoms with Gasteiger partial charge in [0.2, 0.25) is 0 Å². The second-order valence-electron chi connectivity index (χ2n) is 7.65. The summed E-state index contributed by atoms with van der Waals surface area (Å²) in [5.74, 6) is 1.80. The fraction of sp³-hybridized carbons (Fsp3) is 0.944. The maximum Gasteiger partial charge on any atom is 0.410 e. The zero-order chi connectivity index (χ0) is 15.4. The summed E-state index contributed by atoms with van der Waals surface area (Å²) >= 11 is 0. The predicted molar refractivity (Wildman–Crippen MR) is 86.2 cm³/mol. The number of hydrogen-bond acceptors (Lipinski definition) is 2. The van der Waals surface area contributed by atoms with E-state index in [0.29, 0.717) is 23.8 Å². The Hall–Kier alpha value is -0.730. The molecule has 2 aliphatic carbocycles. The molecule has 3 nitrogen and oxygen atoms in total. The summed E-state index contributed by atoms with van der Waals surface area (Å²) in [6.07, 6.45) is 9.62. The second-order valence-corrected chi connectivity index (χ2v) is 7.65. The average Bonchev–Trinajstić information content (AvgIpc) is 2.47. The summed E-state index contributed by atoms with van der Waals surface area (Å²) in [5, 5.41) is 0. The van der Waals surface area contributed by atoms with Gasteiger partial charge in [0.1, 0.15) is 6.10 Å². The lowest BCUT2D eigenvalue weighted by molar-refractivity contribution is -0.0136. The zero-order valence-electron chi connectivity index (χ0n) is 14.3. The second kappa shape index (κ2) is 7.51. The third kappa shape index (κ3) is 4.37. The summed E-state index contributed by atoms with van der Waals surface area (Å²) in [5.41, 5.74) is 0. The van der Waals surface area contributed by atoms with E-state index in [4.69, 9.17) is 4.74 Å². The van der Waals surface area contributed by atoms with E-state index in [9.17, 15) is 4.79 Å². The minimum atomic E-state index is -0.0911. The van der Waals surface area contributed by atoms with Crippen molar-refractivity contribution in [2.24, 2.45) is 17.8 Å². The van der Waals surface area contributed by atoms with Crippen molar-refractivity contribution in [3.05, 3.63) is 0 Å². The summed E-state index contributed by atoms with van der Waals surface area (Å²) in [6.45, 7) is 6.79. The molecule has 2 rings (SSSR count). The molecule has 3 heteroatoms. The molecular weight excluding hydrogens is 262 g/mol. The normalized spacial score (nSPS) is 31.2. The first-order valence-electron chi connectivity index (χ1n) is 8.92. The van der Waals surface area contributed by atoms with Crippen molar-refractivity contribution < 1.29 is 9.53 Å². The lowest BCUT2D eigenvalue weighted by Crippen LogP contribution is -2.43. The molecule has 0 aromatic carbocycles. The molecule has 2 saturated carbocycles. The number of ether oxygens (including phenoxy) is 1. The Bertz CT molecular complexity index is 336. The molecule has 2 fully saturated rings. The minimum absolute atomic E-state index is 0.0911. The largest absolute Gasteiger partial charge is 0.446 e. The molecule has 122 valence electrons. The Labute approximate surface area is 130 Å². The third-order valence-electron chi connectivity index (χ3n) is 5.62. The van der Waals surface area contributed by atoms with Crippen LogP contribution in [0.15, 0.2) is 0 Å². The van der Waals surface area contributed by atoms with Gasteiger partial charge in [-0.1, -0.05) is 46.5 Å². The summed E-state index contributed by atoms with van der Waals surface area (Å²) < 4.78 is 5.94. The minimum Gasteiger partial charge on any atom is -0.446 e. The zero-order valence-corrected chi connectivity index (χ0v) is 14.3. The number of nitrogens with zero attached hydrogens (tertiary/aromatic N) is 1. The third-order valence-corrected chi connectivity index (χ3v) is 5.62. The van der Waals surface area contributed by atoms with Crippen molar-refractivity contribution in [1.29, 1.82) is 0 Å². The molecule has 2 aliphatic rings. The van der Waals surface area contributed by atoms with Crippen LogP contribution < -0.4 is 0 Å². The summed E-state index contributed by atoms with van der Waals surface area (Å²) in [4.78, 5) is 14.4. The van der Waals surface area contributed by atoms with Crippen LogP contribution in [0.3, 0.4) is 0 Å². The van der Waals surface area contributed by atoms with Gasteiger partial charge in [-0.15, -0.1) is 0 Å². The maximum atomic E-state index is 12.5. The van der Waals surface area contributed by atoms with Crippen molar-refractivity contribution in [3.8, 4) is 0 Å². The van der Waals surface area contributed by atoms with Crippen LogP contribution in [0, 0.1) is 17.8 Å². The molecule has 0 bridgehead atoms. The highest BCUT2D eigenvalue weighted by Gasteiger charge is 2.35. The number of carbonyl (C=O) groups excluding carboxylic acids is 1. The monoisotopic (exact) mass is 295 g/mol. The van der Waals surface area contributed by atoms with Gasteiger partial charge in [0.15, 0.2) is 0 Å². The average molecular weight is 295 g/mol. The Morgan fingerprint density at radius 2 is 1.76 bits per heavy atom. The van der Waals surface area contributed by atoms with Crippen LogP contribution in [-0.4, -0.2) is 30.2 Å². The van der Waals surface area contributed by atoms with E-state index in [1.807, 2.05) is 11.9 Å². The van der Waals surface area contributed by atoms with E-state index < -0.39 is 0 Å². The Morgan fingerprint density at radius 1 is 1.10 bits per heavy atom. The van der Waals surface area contributed by atoms with Crippen LogP contribution in [0.4, 0.5) is 4.79 Å². The van der Waals surface area contributed by atoms with Gasteiger partial charge in [-0.05, 0) is 43.4 Å². The highest BCUT2D eigenvalue weighted by molar-refractivity contribution is 5.68. The molecule has 0 aromatic heterocycles. The smallest absolute Gasteiger partial charge is 0.410 e. The Kier molecular flexibility index (Phi) is 5.95. The van der Waals surface area contributed by atoms with Crippen molar-refractivity contribution in [1.82, 2.24) is 4.90 Å². The summed E-state index contributed by atoms with van der Waals surface area (Å²) in [7, 11) is 1.93. The van der Waals surface area contributed by atoms with E-state index in [1.54, 1.807) is 0 Å². The molecule has 0 heterocycles. The molecule has 0 aliphatic heterocycles. The molecule has 0 N–H and O–H groups in total. The first kappa shape index (κ1) is 16.6. The Morgan fingerprint density at radius 3 is 2.38 bits per heavy atom. The van der Waals surface area contributed by atoms with Gasteiger partial charge in [0.25, 0.3) is 0 Å². The molecule has 3 atom stereocenters. The maximum absolute atomic E-state index is 12.5. The number of carbonyl (C=O) groups is 1. The molecule has 1 amide bonds. The number of amides is 1. The van der Waals surface area contributed by atoms with Crippen LogP contribution in [0.25, 0.3) is 0 Å². The first-order valence-corrected chi connectivity index (χ1v) is 8.92. The van der Waals surface area contributed by atoms with Gasteiger partial charge in [0.05, 0.1) is 0 Å². The molecule has 0 radical (unpaired) electrons. The lowest BCUT2D eigenvalue weighted by Gasteiger charge is -2.38. The van der Waals surface area contributed by atoms with Crippen molar-refractivity contribution in [2.75, 3.05) is 7.05 Å². The number of hydrogen-bond donors (Lipinski definition) is 0. The fourth-order valence-electron chi connectivity index (χ4n) is 4.08. The Balaban J connectivity index is 1.92. The summed E-state index contributed by atoms with van der Waals surface area (Å²) in [6, 6.07) is 0.393. The quantitative estimate of drug-likeness (QED) is 0.745. The van der Waals surface area contributed by atoms with Crippen LogP contribution in [-0.2, 0) is 4.74 Å². The highest BCUT2D eigenvalue weighted by atomic mass is 16.6. The van der Waals surface area contributed by atoms with Gasteiger partial charge in [-0.2, -0.15) is 0 Å². The lowest BCUT2D eigenvalue weighted by atomic mass is 9.75. The van der Waals surface area contributed by atoms with Crippen LogP contribution in [0.2, 0.25) is 0 Å². The van der Waals surface area contributed by atoms with Gasteiger partial charge >= 0.3 is 6.09 Å². The highest BCUT2D eigenvalue weighted by Crippen LogP contribution is 2.35. The molecule has 21 heavy (non-hydrogen) atoms. The van der Waals surface area contributed by atoms with Crippen molar-refractivity contribution >= 4 is 6.09 Å². The first-order chi connectivity index (χ1) is 9.99. The van der Waals surface area contributed by atoms with Gasteiger partial charge in [-0.3, -0.25) is 0 Å². The SMILES string of the molecule is CC(C)[C@@H]1CC[C@@H](C)C[C@H]1OC(=O)N(C)C1CCCCC1. The topological polar surface area (TPSA) is 29.5 Å². The van der Waals surface area contributed by atoms with Crippen molar-refractivity contribution in [2.45, 2.75) is 84.3 Å². The van der Waals surface area contributed by atoms with E-state index in [2.05, 4.69) is 20.8 Å². The van der Waals surface area contributed by atoms with Crippen LogP contribution in [0.5, 0.6) is 0 Å². The van der Waals surface area contributed by atoms with Crippen LogP contribution >= 0.6 is 0 Å². The number of rotatable bonds is 3. The molecule has 0 saturated heterocycles. The van der Waals surface area contributed by atoms with E-state index in [0.717, 1.165) is 19.3 Å². The van der Waals surface area contributed by atoms with Crippen LogP contribution in [0.1, 0.15) is 72.1 Å². The fourth-order valence-corrected chi connectivity index (χ4v) is 4.08. The van der Waals surface area contributed by atoms with E-state index in [-0.39, 0.29) is 12.2 Å². The standard InChI is InChI=1S/C18H33NO2/c1-13(2)16-11-10-14(3)12-17(16)21-18(20)19(4)15-8-6-5-7-9-15/h13-17H,5-12H2,1-4H3/t14-,16+,17-/m1/s1. The van der Waals surface area contributed by atoms with Gasteiger partial charge in [0, 0.05) is 13.1 Å². The molecule has 0 aromatic rings. The van der Waals surface area contributed by atoms with E-state index in [1.165, 1.54) is 32.1 Å². The molecule has 0 unspecified atom stereocenters. The van der Waals surface area contributed by atoms with Gasteiger partial charge in [-0.25, -0.2) is 4.79 Å². The van der Waals surface area contributed by atoms with E-state index >= 15 is 0 Å². The molecule has 0 spiro atoms. The van der Waals surface area contributed by atoms with Gasteiger partial charge < -0.3 is 9.64 Å². The molecular formula is C18H33NO2. The predicted octanol–water partition coefficient (Wildman–Crippen LogP) is 4.85. The van der Waals surface area contributed by atoms with Crippen molar-refractivity contribution in [3.63, 3.8) is 0 Å².